The minimum atomic E-state index is -4.89. The number of pyridine rings is 1. The van der Waals surface area contributed by atoms with Gasteiger partial charge in [-0.25, -0.2) is 4.98 Å². The SMILES string of the molecule is N#Cc1nc(N)cc(OC(F)(F)F)c1N. The summed E-state index contributed by atoms with van der Waals surface area (Å²) < 4.78 is 39.2. The van der Waals surface area contributed by atoms with Gasteiger partial charge in [0.05, 0.1) is 0 Å². The van der Waals surface area contributed by atoms with Crippen LogP contribution >= 0.6 is 0 Å². The number of alkyl halides is 3. The van der Waals surface area contributed by atoms with E-state index in [1.807, 2.05) is 0 Å². The van der Waals surface area contributed by atoms with Gasteiger partial charge >= 0.3 is 6.36 Å². The van der Waals surface area contributed by atoms with Crippen molar-refractivity contribution in [3.63, 3.8) is 0 Å². The van der Waals surface area contributed by atoms with Crippen LogP contribution in [0.25, 0.3) is 0 Å². The van der Waals surface area contributed by atoms with E-state index in [0.717, 1.165) is 6.07 Å². The van der Waals surface area contributed by atoms with Crippen molar-refractivity contribution in [2.24, 2.45) is 0 Å². The lowest BCUT2D eigenvalue weighted by Crippen LogP contribution is -2.18. The normalized spacial score (nSPS) is 10.8. The van der Waals surface area contributed by atoms with E-state index in [1.165, 1.54) is 6.07 Å². The second-order valence-electron chi connectivity index (χ2n) is 2.47. The number of ether oxygens (including phenoxy) is 1. The van der Waals surface area contributed by atoms with Gasteiger partial charge in [-0.05, 0) is 0 Å². The molecule has 0 atom stereocenters. The fourth-order valence-corrected chi connectivity index (χ4v) is 0.845. The minimum absolute atomic E-state index is 0.278. The number of aromatic nitrogens is 1. The maximum atomic E-state index is 11.9. The number of nitrogen functional groups attached to an aromatic ring is 2. The lowest BCUT2D eigenvalue weighted by atomic mass is 10.3. The highest BCUT2D eigenvalue weighted by molar-refractivity contribution is 5.63. The molecule has 1 heterocycles. The Bertz CT molecular complexity index is 423. The van der Waals surface area contributed by atoms with Crippen molar-refractivity contribution in [2.45, 2.75) is 6.36 Å². The first kappa shape index (κ1) is 10.9. The summed E-state index contributed by atoms with van der Waals surface area (Å²) in [6.07, 6.45) is -4.89. The molecule has 0 spiro atoms. The second kappa shape index (κ2) is 3.53. The fourth-order valence-electron chi connectivity index (χ4n) is 0.845. The van der Waals surface area contributed by atoms with Gasteiger partial charge in [0.25, 0.3) is 0 Å². The molecule has 0 aliphatic rings. The number of hydrogen-bond acceptors (Lipinski definition) is 5. The van der Waals surface area contributed by atoms with Crippen molar-refractivity contribution < 1.29 is 17.9 Å². The van der Waals surface area contributed by atoms with Crippen LogP contribution in [0.15, 0.2) is 6.07 Å². The van der Waals surface area contributed by atoms with E-state index in [4.69, 9.17) is 16.7 Å². The van der Waals surface area contributed by atoms with E-state index in [9.17, 15) is 13.2 Å². The van der Waals surface area contributed by atoms with Crippen LogP contribution < -0.4 is 16.2 Å². The van der Waals surface area contributed by atoms with Crippen molar-refractivity contribution in [1.82, 2.24) is 4.98 Å². The van der Waals surface area contributed by atoms with Gasteiger partial charge in [0.1, 0.15) is 17.6 Å². The average molecular weight is 218 g/mol. The smallest absolute Gasteiger partial charge is 0.403 e. The Kier molecular flexibility index (Phi) is 2.57. The van der Waals surface area contributed by atoms with Gasteiger partial charge in [-0.1, -0.05) is 0 Å². The quantitative estimate of drug-likeness (QED) is 0.733. The van der Waals surface area contributed by atoms with Crippen molar-refractivity contribution in [2.75, 3.05) is 11.5 Å². The van der Waals surface area contributed by atoms with Crippen LogP contribution in [0.1, 0.15) is 5.69 Å². The molecule has 0 aliphatic carbocycles. The molecule has 8 heteroatoms. The van der Waals surface area contributed by atoms with Crippen LogP contribution in [0.3, 0.4) is 0 Å². The molecule has 0 fully saturated rings. The molecule has 0 unspecified atom stereocenters. The van der Waals surface area contributed by atoms with Crippen molar-refractivity contribution >= 4 is 11.5 Å². The van der Waals surface area contributed by atoms with Crippen LogP contribution in [-0.4, -0.2) is 11.3 Å². The highest BCUT2D eigenvalue weighted by Crippen LogP contribution is 2.30. The van der Waals surface area contributed by atoms with Crippen molar-refractivity contribution in [1.29, 1.82) is 5.26 Å². The number of rotatable bonds is 1. The molecule has 0 aliphatic heterocycles. The minimum Gasteiger partial charge on any atom is -0.403 e. The second-order valence-corrected chi connectivity index (χ2v) is 2.47. The predicted molar refractivity (Wildman–Crippen MR) is 44.5 cm³/mol. The fraction of sp³-hybridized carbons (Fsp3) is 0.143. The maximum Gasteiger partial charge on any atom is 0.573 e. The van der Waals surface area contributed by atoms with Crippen LogP contribution in [0.5, 0.6) is 5.75 Å². The highest BCUT2D eigenvalue weighted by Gasteiger charge is 2.32. The van der Waals surface area contributed by atoms with E-state index < -0.39 is 23.5 Å². The third-order valence-electron chi connectivity index (χ3n) is 1.37. The van der Waals surface area contributed by atoms with Gasteiger partial charge in [0.2, 0.25) is 0 Å². The molecule has 1 aromatic heterocycles. The Morgan fingerprint density at radius 1 is 1.40 bits per heavy atom. The summed E-state index contributed by atoms with van der Waals surface area (Å²) in [4.78, 5) is 3.43. The summed E-state index contributed by atoms with van der Waals surface area (Å²) in [6.45, 7) is 0. The first-order valence-corrected chi connectivity index (χ1v) is 3.55. The summed E-state index contributed by atoms with van der Waals surface area (Å²) >= 11 is 0. The average Bonchev–Trinajstić information content (AvgIpc) is 2.08. The molecule has 0 radical (unpaired) electrons. The first-order chi connectivity index (χ1) is 6.83. The van der Waals surface area contributed by atoms with Crippen molar-refractivity contribution in [3.8, 4) is 11.8 Å². The third kappa shape index (κ3) is 2.63. The molecular formula is C7H5F3N4O. The number of nitrogens with zero attached hydrogens (tertiary/aromatic N) is 2. The zero-order valence-corrected chi connectivity index (χ0v) is 7.17. The van der Waals surface area contributed by atoms with Gasteiger partial charge < -0.3 is 16.2 Å². The number of nitriles is 1. The van der Waals surface area contributed by atoms with E-state index >= 15 is 0 Å². The first-order valence-electron chi connectivity index (χ1n) is 3.55. The Labute approximate surface area is 82.1 Å². The van der Waals surface area contributed by atoms with E-state index in [0.29, 0.717) is 0 Å². The molecule has 0 amide bonds. The van der Waals surface area contributed by atoms with Crippen LogP contribution in [0.4, 0.5) is 24.7 Å². The number of halogens is 3. The Morgan fingerprint density at radius 3 is 2.47 bits per heavy atom. The summed E-state index contributed by atoms with van der Waals surface area (Å²) in [5.41, 5.74) is 9.46. The van der Waals surface area contributed by atoms with Gasteiger partial charge in [-0.3, -0.25) is 0 Å². The molecule has 5 nitrogen and oxygen atoms in total. The third-order valence-corrected chi connectivity index (χ3v) is 1.37. The summed E-state index contributed by atoms with van der Waals surface area (Å²) in [5.74, 6) is -1.01. The molecule has 1 rings (SSSR count). The van der Waals surface area contributed by atoms with Gasteiger partial charge in [0.15, 0.2) is 11.4 Å². The van der Waals surface area contributed by atoms with E-state index in [1.54, 1.807) is 0 Å². The zero-order chi connectivity index (χ0) is 11.6. The number of hydrogen-bond donors (Lipinski definition) is 2. The Hall–Kier alpha value is -2.17. The number of nitrogens with two attached hydrogens (primary N) is 2. The molecule has 0 saturated carbocycles. The molecular weight excluding hydrogens is 213 g/mol. The zero-order valence-electron chi connectivity index (χ0n) is 7.17. The Morgan fingerprint density at radius 2 is 2.00 bits per heavy atom. The molecule has 0 aromatic carbocycles. The lowest BCUT2D eigenvalue weighted by molar-refractivity contribution is -0.274. The molecule has 1 aromatic rings. The maximum absolute atomic E-state index is 11.9. The molecule has 4 N–H and O–H groups in total. The molecule has 15 heavy (non-hydrogen) atoms. The van der Waals surface area contributed by atoms with E-state index in [2.05, 4.69) is 9.72 Å². The largest absolute Gasteiger partial charge is 0.573 e. The topological polar surface area (TPSA) is 98.0 Å². The highest BCUT2D eigenvalue weighted by atomic mass is 19.4. The summed E-state index contributed by atoms with van der Waals surface area (Å²) in [6, 6.07) is 2.29. The molecule has 80 valence electrons. The van der Waals surface area contributed by atoms with Gasteiger partial charge in [0, 0.05) is 6.07 Å². The summed E-state index contributed by atoms with van der Waals surface area (Å²) in [7, 11) is 0. The van der Waals surface area contributed by atoms with Crippen LogP contribution in [0.2, 0.25) is 0 Å². The van der Waals surface area contributed by atoms with Crippen molar-refractivity contribution in [3.05, 3.63) is 11.8 Å². The number of anilines is 2. The van der Waals surface area contributed by atoms with Gasteiger partial charge in [-0.2, -0.15) is 5.26 Å². The summed E-state index contributed by atoms with van der Waals surface area (Å²) in [5, 5.41) is 8.48. The molecule has 0 bridgehead atoms. The lowest BCUT2D eigenvalue weighted by Gasteiger charge is -2.11. The monoisotopic (exact) mass is 218 g/mol. The molecule has 0 saturated heterocycles. The van der Waals surface area contributed by atoms with Crippen LogP contribution in [-0.2, 0) is 0 Å². The predicted octanol–water partition coefficient (Wildman–Crippen LogP) is 1.02. The van der Waals surface area contributed by atoms with Gasteiger partial charge in [-0.15, -0.1) is 13.2 Å². The van der Waals surface area contributed by atoms with E-state index in [-0.39, 0.29) is 5.82 Å². The van der Waals surface area contributed by atoms with Crippen LogP contribution in [0, 0.1) is 11.3 Å². The Balaban J connectivity index is 3.20. The standard InChI is InChI=1S/C7H5F3N4O/c8-7(9,10)15-4-1-5(12)14-3(2-11)6(4)13/h1H,13H2,(H2,12,14).